The van der Waals surface area contributed by atoms with Crippen LogP contribution < -0.4 is 0 Å². The van der Waals surface area contributed by atoms with E-state index in [4.69, 9.17) is 13.9 Å². The van der Waals surface area contributed by atoms with Crippen LogP contribution in [0.2, 0.25) is 0 Å². The average molecular weight is 185 g/mol. The molecule has 0 saturated heterocycles. The first-order chi connectivity index (χ1) is 6.29. The normalized spacial score (nSPS) is 10.0. The highest BCUT2D eigenvalue weighted by Crippen LogP contribution is 2.09. The van der Waals surface area contributed by atoms with Gasteiger partial charge < -0.3 is 13.9 Å². The quantitative estimate of drug-likeness (QED) is 0.655. The van der Waals surface area contributed by atoms with E-state index >= 15 is 0 Å². The highest BCUT2D eigenvalue weighted by atomic mass is 16.5. The Morgan fingerprint density at radius 2 is 2.46 bits per heavy atom. The number of ether oxygens (including phenoxy) is 2. The molecule has 0 amide bonds. The van der Waals surface area contributed by atoms with Gasteiger partial charge in [-0.15, -0.1) is 0 Å². The number of esters is 1. The molecule has 0 aromatic carbocycles. The second kappa shape index (κ2) is 4.61. The summed E-state index contributed by atoms with van der Waals surface area (Å²) in [5.41, 5.74) is 0.184. The van der Waals surface area contributed by atoms with E-state index in [0.29, 0.717) is 12.4 Å². The second-order valence-corrected chi connectivity index (χ2v) is 2.28. The Labute approximate surface area is 75.7 Å². The maximum absolute atomic E-state index is 11.2. The summed E-state index contributed by atoms with van der Waals surface area (Å²) in [6, 6.07) is 0. The molecule has 5 heteroatoms. The topological polar surface area (TPSA) is 61.6 Å². The van der Waals surface area contributed by atoms with Gasteiger partial charge >= 0.3 is 5.97 Å². The fourth-order valence-corrected chi connectivity index (χ4v) is 0.870. The lowest BCUT2D eigenvalue weighted by atomic mass is 10.3. The predicted molar refractivity (Wildman–Crippen MR) is 43.2 cm³/mol. The van der Waals surface area contributed by atoms with Crippen molar-refractivity contribution in [2.45, 2.75) is 13.5 Å². The summed E-state index contributed by atoms with van der Waals surface area (Å²) in [6.07, 6.45) is 1.20. The van der Waals surface area contributed by atoms with Gasteiger partial charge in [-0.2, -0.15) is 0 Å². The molecular formula is C8H11NO4. The molecule has 0 aliphatic heterocycles. The van der Waals surface area contributed by atoms with Gasteiger partial charge in [0.1, 0.15) is 6.61 Å². The zero-order chi connectivity index (χ0) is 9.68. The SMILES string of the molecule is CCOC(=O)c1ncoc1COC. The molecule has 13 heavy (non-hydrogen) atoms. The number of carbonyl (C=O) groups excluding carboxylic acids is 1. The van der Waals surface area contributed by atoms with E-state index in [2.05, 4.69) is 4.98 Å². The highest BCUT2D eigenvalue weighted by molar-refractivity contribution is 5.88. The first kappa shape index (κ1) is 9.73. The molecule has 5 nitrogen and oxygen atoms in total. The van der Waals surface area contributed by atoms with E-state index < -0.39 is 5.97 Å². The lowest BCUT2D eigenvalue weighted by molar-refractivity contribution is 0.0512. The Bertz CT molecular complexity index is 281. The lowest BCUT2D eigenvalue weighted by Gasteiger charge is -1.99. The lowest BCUT2D eigenvalue weighted by Crippen LogP contribution is -2.08. The van der Waals surface area contributed by atoms with Crippen LogP contribution in [0, 0.1) is 0 Å². The first-order valence-electron chi connectivity index (χ1n) is 3.88. The molecule has 1 heterocycles. The van der Waals surface area contributed by atoms with Gasteiger partial charge in [0, 0.05) is 7.11 Å². The highest BCUT2D eigenvalue weighted by Gasteiger charge is 2.16. The molecule has 1 aromatic heterocycles. The number of methoxy groups -OCH3 is 1. The molecule has 0 unspecified atom stereocenters. The maximum atomic E-state index is 11.2. The van der Waals surface area contributed by atoms with Crippen LogP contribution in [0.1, 0.15) is 23.2 Å². The average Bonchev–Trinajstić information content (AvgIpc) is 2.54. The number of oxazole rings is 1. The molecular weight excluding hydrogens is 174 g/mol. The summed E-state index contributed by atoms with van der Waals surface area (Å²) in [4.78, 5) is 14.9. The van der Waals surface area contributed by atoms with Crippen molar-refractivity contribution in [2.75, 3.05) is 13.7 Å². The van der Waals surface area contributed by atoms with E-state index in [1.165, 1.54) is 13.5 Å². The Hall–Kier alpha value is -1.36. The smallest absolute Gasteiger partial charge is 0.360 e. The zero-order valence-electron chi connectivity index (χ0n) is 7.57. The molecule has 0 radical (unpaired) electrons. The molecule has 0 fully saturated rings. The van der Waals surface area contributed by atoms with Gasteiger partial charge in [0.2, 0.25) is 0 Å². The van der Waals surface area contributed by atoms with Gasteiger partial charge in [-0.1, -0.05) is 0 Å². The Kier molecular flexibility index (Phi) is 3.45. The predicted octanol–water partition coefficient (Wildman–Crippen LogP) is 0.998. The molecule has 0 saturated carbocycles. The van der Waals surface area contributed by atoms with Crippen molar-refractivity contribution in [1.82, 2.24) is 4.98 Å². The monoisotopic (exact) mass is 185 g/mol. The largest absolute Gasteiger partial charge is 0.461 e. The van der Waals surface area contributed by atoms with Crippen LogP contribution in [0.15, 0.2) is 10.8 Å². The van der Waals surface area contributed by atoms with E-state index in [9.17, 15) is 4.79 Å². The molecule has 0 atom stereocenters. The Morgan fingerprint density at radius 1 is 1.69 bits per heavy atom. The van der Waals surface area contributed by atoms with Gasteiger partial charge in [0.25, 0.3) is 0 Å². The van der Waals surface area contributed by atoms with Crippen LogP contribution in [0.5, 0.6) is 0 Å². The number of aromatic nitrogens is 1. The standard InChI is InChI=1S/C8H11NO4/c1-3-12-8(10)7-6(4-11-2)13-5-9-7/h5H,3-4H2,1-2H3. The van der Waals surface area contributed by atoms with Crippen LogP contribution in [0.3, 0.4) is 0 Å². The first-order valence-corrected chi connectivity index (χ1v) is 3.88. The molecule has 0 spiro atoms. The van der Waals surface area contributed by atoms with Gasteiger partial charge in [-0.25, -0.2) is 9.78 Å². The number of rotatable bonds is 4. The van der Waals surface area contributed by atoms with E-state index in [1.807, 2.05) is 0 Å². The van der Waals surface area contributed by atoms with Gasteiger partial charge in [-0.05, 0) is 6.92 Å². The molecule has 1 aromatic rings. The molecule has 0 aliphatic rings. The number of hydrogen-bond acceptors (Lipinski definition) is 5. The van der Waals surface area contributed by atoms with Crippen molar-refractivity contribution in [3.8, 4) is 0 Å². The van der Waals surface area contributed by atoms with Crippen molar-refractivity contribution in [3.63, 3.8) is 0 Å². The van der Waals surface area contributed by atoms with Crippen LogP contribution in [-0.2, 0) is 16.1 Å². The third-order valence-corrected chi connectivity index (χ3v) is 1.39. The van der Waals surface area contributed by atoms with E-state index in [1.54, 1.807) is 6.92 Å². The Balaban J connectivity index is 2.74. The van der Waals surface area contributed by atoms with Gasteiger partial charge in [-0.3, -0.25) is 0 Å². The number of nitrogens with zero attached hydrogens (tertiary/aromatic N) is 1. The van der Waals surface area contributed by atoms with Crippen LogP contribution in [0.25, 0.3) is 0 Å². The molecule has 0 bridgehead atoms. The van der Waals surface area contributed by atoms with E-state index in [0.717, 1.165) is 0 Å². The van der Waals surface area contributed by atoms with E-state index in [-0.39, 0.29) is 12.3 Å². The zero-order valence-corrected chi connectivity index (χ0v) is 7.57. The van der Waals surface area contributed by atoms with Crippen molar-refractivity contribution in [2.24, 2.45) is 0 Å². The molecule has 72 valence electrons. The second-order valence-electron chi connectivity index (χ2n) is 2.28. The summed E-state index contributed by atoms with van der Waals surface area (Å²) >= 11 is 0. The minimum absolute atomic E-state index is 0.184. The fraction of sp³-hybridized carbons (Fsp3) is 0.500. The minimum Gasteiger partial charge on any atom is -0.461 e. The van der Waals surface area contributed by atoms with Gasteiger partial charge in [0.15, 0.2) is 17.8 Å². The van der Waals surface area contributed by atoms with Crippen molar-refractivity contribution < 1.29 is 18.7 Å². The third-order valence-electron chi connectivity index (χ3n) is 1.39. The van der Waals surface area contributed by atoms with Gasteiger partial charge in [0.05, 0.1) is 6.61 Å². The third kappa shape index (κ3) is 2.29. The summed E-state index contributed by atoms with van der Waals surface area (Å²) < 4.78 is 14.5. The molecule has 1 rings (SSSR count). The summed E-state index contributed by atoms with van der Waals surface area (Å²) in [5, 5.41) is 0. The Morgan fingerprint density at radius 3 is 3.08 bits per heavy atom. The van der Waals surface area contributed by atoms with Crippen molar-refractivity contribution in [1.29, 1.82) is 0 Å². The number of carbonyl (C=O) groups is 1. The van der Waals surface area contributed by atoms with Crippen LogP contribution in [0.4, 0.5) is 0 Å². The molecule has 0 N–H and O–H groups in total. The van der Waals surface area contributed by atoms with Crippen LogP contribution in [-0.4, -0.2) is 24.7 Å². The fourth-order valence-electron chi connectivity index (χ4n) is 0.870. The maximum Gasteiger partial charge on any atom is 0.360 e. The van der Waals surface area contributed by atoms with Crippen molar-refractivity contribution in [3.05, 3.63) is 17.8 Å². The summed E-state index contributed by atoms with van der Waals surface area (Å²) in [7, 11) is 1.51. The molecule has 0 aliphatic carbocycles. The summed E-state index contributed by atoms with van der Waals surface area (Å²) in [5.74, 6) is -0.0933. The van der Waals surface area contributed by atoms with Crippen LogP contribution >= 0.6 is 0 Å². The summed E-state index contributed by atoms with van der Waals surface area (Å²) in [6.45, 7) is 2.26. The minimum atomic E-state index is -0.483. The van der Waals surface area contributed by atoms with Crippen molar-refractivity contribution >= 4 is 5.97 Å². The number of hydrogen-bond donors (Lipinski definition) is 0.